The fourth-order valence-electron chi connectivity index (χ4n) is 2.56. The second-order valence-corrected chi connectivity index (χ2v) is 5.61. The molecule has 5 heteroatoms. The molecule has 23 heavy (non-hydrogen) atoms. The molecule has 0 radical (unpaired) electrons. The molecule has 0 N–H and O–H groups in total. The van der Waals surface area contributed by atoms with Gasteiger partial charge in [-0.2, -0.15) is 0 Å². The lowest BCUT2D eigenvalue weighted by atomic mass is 10.2. The summed E-state index contributed by atoms with van der Waals surface area (Å²) >= 11 is 0. The van der Waals surface area contributed by atoms with Crippen LogP contribution in [0.25, 0.3) is 0 Å². The van der Waals surface area contributed by atoms with Gasteiger partial charge in [0.2, 0.25) is 6.10 Å². The maximum Gasteiger partial charge on any atom is 0.267 e. The van der Waals surface area contributed by atoms with Gasteiger partial charge in [0.25, 0.3) is 5.91 Å². The van der Waals surface area contributed by atoms with Crippen LogP contribution in [0.2, 0.25) is 0 Å². The average Bonchev–Trinajstić information content (AvgIpc) is 3.10. The van der Waals surface area contributed by atoms with E-state index in [0.717, 1.165) is 18.4 Å². The van der Waals surface area contributed by atoms with E-state index in [1.165, 1.54) is 0 Å². The fraction of sp³-hybridized carbons (Fsp3) is 0.389. The fourth-order valence-corrected chi connectivity index (χ4v) is 2.56. The Bertz CT molecular complexity index is 638. The summed E-state index contributed by atoms with van der Waals surface area (Å²) in [4.78, 5) is 14.6. The Kier molecular flexibility index (Phi) is 4.86. The largest absolute Gasteiger partial charge is 0.485 e. The minimum absolute atomic E-state index is 0.0471. The standard InChI is InChI=1S/C18H21NO4/c1-2-3-9-19(11-14-8-10-21-12-14)18(20)17-13-22-15-6-4-5-7-16(15)23-17/h4-8,10,12,17H,2-3,9,11,13H2,1H3/t17-/m0/s1. The number of carbonyl (C=O) groups is 1. The molecule has 0 bridgehead atoms. The Hall–Kier alpha value is -2.43. The lowest BCUT2D eigenvalue weighted by Gasteiger charge is -2.30. The third-order valence-corrected chi connectivity index (χ3v) is 3.83. The van der Waals surface area contributed by atoms with E-state index in [9.17, 15) is 4.79 Å². The van der Waals surface area contributed by atoms with Gasteiger partial charge in [-0.25, -0.2) is 0 Å². The highest BCUT2D eigenvalue weighted by Crippen LogP contribution is 2.31. The zero-order valence-corrected chi connectivity index (χ0v) is 13.2. The zero-order chi connectivity index (χ0) is 16.1. The molecule has 0 fully saturated rings. The summed E-state index contributed by atoms with van der Waals surface area (Å²) in [6.45, 7) is 3.57. The molecular weight excluding hydrogens is 294 g/mol. The molecule has 1 aromatic carbocycles. The van der Waals surface area contributed by atoms with Crippen LogP contribution in [0.5, 0.6) is 11.5 Å². The summed E-state index contributed by atoms with van der Waals surface area (Å²) in [5.41, 5.74) is 0.978. The first-order valence-electron chi connectivity index (χ1n) is 7.96. The van der Waals surface area contributed by atoms with E-state index in [4.69, 9.17) is 13.9 Å². The second kappa shape index (κ2) is 7.22. The number of carbonyl (C=O) groups excluding carboxylic acids is 1. The van der Waals surface area contributed by atoms with E-state index in [1.54, 1.807) is 12.5 Å². The zero-order valence-electron chi connectivity index (χ0n) is 13.2. The third-order valence-electron chi connectivity index (χ3n) is 3.83. The van der Waals surface area contributed by atoms with Crippen molar-refractivity contribution < 1.29 is 18.7 Å². The summed E-state index contributed by atoms with van der Waals surface area (Å²) in [5.74, 6) is 1.26. The number of fused-ring (bicyclic) bond motifs is 1. The number of nitrogens with zero attached hydrogens (tertiary/aromatic N) is 1. The summed E-state index contributed by atoms with van der Waals surface area (Å²) in [5, 5.41) is 0. The average molecular weight is 315 g/mol. The van der Waals surface area contributed by atoms with Gasteiger partial charge in [-0.05, 0) is 24.6 Å². The van der Waals surface area contributed by atoms with Crippen LogP contribution >= 0.6 is 0 Å². The van der Waals surface area contributed by atoms with Crippen molar-refractivity contribution in [2.45, 2.75) is 32.4 Å². The third kappa shape index (κ3) is 3.67. The van der Waals surface area contributed by atoms with Crippen molar-refractivity contribution in [3.8, 4) is 11.5 Å². The monoisotopic (exact) mass is 315 g/mol. The lowest BCUT2D eigenvalue weighted by Crippen LogP contribution is -2.46. The number of unbranched alkanes of at least 4 members (excludes halogenated alkanes) is 1. The first kappa shape index (κ1) is 15.5. The first-order chi connectivity index (χ1) is 11.3. The molecule has 1 aliphatic rings. The number of benzene rings is 1. The Labute approximate surface area is 135 Å². The van der Waals surface area contributed by atoms with Crippen molar-refractivity contribution in [2.75, 3.05) is 13.2 Å². The van der Waals surface area contributed by atoms with Crippen LogP contribution in [-0.2, 0) is 11.3 Å². The van der Waals surface area contributed by atoms with Gasteiger partial charge in [-0.3, -0.25) is 4.79 Å². The SMILES string of the molecule is CCCCN(Cc1ccoc1)C(=O)[C@@H]1COc2ccccc2O1. The van der Waals surface area contributed by atoms with Crippen molar-refractivity contribution in [2.24, 2.45) is 0 Å². The molecule has 0 aliphatic carbocycles. The van der Waals surface area contributed by atoms with E-state index in [2.05, 4.69) is 6.92 Å². The number of hydrogen-bond acceptors (Lipinski definition) is 4. The van der Waals surface area contributed by atoms with Crippen molar-refractivity contribution in [3.05, 3.63) is 48.4 Å². The summed E-state index contributed by atoms with van der Waals surface area (Å²) in [6, 6.07) is 9.30. The van der Waals surface area contributed by atoms with Gasteiger partial charge in [-0.15, -0.1) is 0 Å². The number of hydrogen-bond donors (Lipinski definition) is 0. The highest BCUT2D eigenvalue weighted by molar-refractivity contribution is 5.82. The van der Waals surface area contributed by atoms with Gasteiger partial charge in [0.1, 0.15) is 6.61 Å². The molecule has 0 saturated carbocycles. The molecular formula is C18H21NO4. The molecule has 0 spiro atoms. The minimum Gasteiger partial charge on any atom is -0.485 e. The highest BCUT2D eigenvalue weighted by Gasteiger charge is 2.31. The van der Waals surface area contributed by atoms with Gasteiger partial charge in [0, 0.05) is 18.7 Å². The highest BCUT2D eigenvalue weighted by atomic mass is 16.6. The Morgan fingerprint density at radius 2 is 2.09 bits per heavy atom. The van der Waals surface area contributed by atoms with Crippen LogP contribution in [0.15, 0.2) is 47.3 Å². The van der Waals surface area contributed by atoms with Gasteiger partial charge in [-0.1, -0.05) is 25.5 Å². The van der Waals surface area contributed by atoms with Crippen LogP contribution in [-0.4, -0.2) is 30.1 Å². The van der Waals surface area contributed by atoms with E-state index in [0.29, 0.717) is 24.6 Å². The topological polar surface area (TPSA) is 51.9 Å². The quantitative estimate of drug-likeness (QED) is 0.821. The van der Waals surface area contributed by atoms with Gasteiger partial charge < -0.3 is 18.8 Å². The minimum atomic E-state index is -0.603. The maximum absolute atomic E-state index is 12.8. The van der Waals surface area contributed by atoms with Gasteiger partial charge in [0.05, 0.1) is 12.5 Å². The van der Waals surface area contributed by atoms with Gasteiger partial charge >= 0.3 is 0 Å². The van der Waals surface area contributed by atoms with Crippen LogP contribution in [0.1, 0.15) is 25.3 Å². The Morgan fingerprint density at radius 3 is 2.83 bits per heavy atom. The van der Waals surface area contributed by atoms with E-state index < -0.39 is 6.10 Å². The Morgan fingerprint density at radius 1 is 1.26 bits per heavy atom. The molecule has 0 unspecified atom stereocenters. The predicted octanol–water partition coefficient (Wildman–Crippen LogP) is 3.25. The maximum atomic E-state index is 12.8. The van der Waals surface area contributed by atoms with Crippen molar-refractivity contribution >= 4 is 5.91 Å². The van der Waals surface area contributed by atoms with E-state index in [1.807, 2.05) is 35.2 Å². The molecule has 122 valence electrons. The van der Waals surface area contributed by atoms with Gasteiger partial charge in [0.15, 0.2) is 11.5 Å². The summed E-state index contributed by atoms with van der Waals surface area (Å²) in [6.07, 6.45) is 4.66. The van der Waals surface area contributed by atoms with E-state index >= 15 is 0 Å². The van der Waals surface area contributed by atoms with Crippen molar-refractivity contribution in [1.82, 2.24) is 4.90 Å². The smallest absolute Gasteiger partial charge is 0.267 e. The normalized spacial score (nSPS) is 16.1. The molecule has 0 saturated heterocycles. The molecule has 1 amide bonds. The van der Waals surface area contributed by atoms with Crippen molar-refractivity contribution in [1.29, 1.82) is 0 Å². The van der Waals surface area contributed by atoms with Crippen molar-refractivity contribution in [3.63, 3.8) is 0 Å². The molecule has 2 heterocycles. The number of para-hydroxylation sites is 2. The molecule has 5 nitrogen and oxygen atoms in total. The van der Waals surface area contributed by atoms with Crippen LogP contribution in [0.4, 0.5) is 0 Å². The molecule has 1 atom stereocenters. The number of amides is 1. The number of ether oxygens (including phenoxy) is 2. The Balaban J connectivity index is 1.70. The molecule has 3 rings (SSSR count). The van der Waals surface area contributed by atoms with Crippen LogP contribution in [0, 0.1) is 0 Å². The summed E-state index contributed by atoms with van der Waals surface area (Å²) < 4.78 is 16.6. The first-order valence-corrected chi connectivity index (χ1v) is 7.96. The molecule has 2 aromatic rings. The molecule has 1 aliphatic heterocycles. The second-order valence-electron chi connectivity index (χ2n) is 5.61. The lowest BCUT2D eigenvalue weighted by molar-refractivity contribution is -0.142. The van der Waals surface area contributed by atoms with Crippen LogP contribution in [0.3, 0.4) is 0 Å². The van der Waals surface area contributed by atoms with Crippen LogP contribution < -0.4 is 9.47 Å². The summed E-state index contributed by atoms with van der Waals surface area (Å²) in [7, 11) is 0. The van der Waals surface area contributed by atoms with E-state index in [-0.39, 0.29) is 12.5 Å². The molecule has 1 aromatic heterocycles. The number of rotatable bonds is 6. The number of furan rings is 1. The predicted molar refractivity (Wildman–Crippen MR) is 85.4 cm³/mol.